The van der Waals surface area contributed by atoms with E-state index in [1.807, 2.05) is 0 Å². The Morgan fingerprint density at radius 1 is 1.07 bits per heavy atom. The summed E-state index contributed by atoms with van der Waals surface area (Å²) in [6, 6.07) is 15.4. The first-order chi connectivity index (χ1) is 13.9. The van der Waals surface area contributed by atoms with Crippen molar-refractivity contribution in [3.8, 4) is 11.5 Å². The number of oxazole rings is 1. The Labute approximate surface area is 174 Å². The highest BCUT2D eigenvalue weighted by atomic mass is 35.5. The molecule has 9 heteroatoms. The number of amides is 1. The number of rotatable bonds is 4. The highest BCUT2D eigenvalue weighted by Crippen LogP contribution is 2.32. The maximum absolute atomic E-state index is 12.4. The smallest absolute Gasteiger partial charge is 0.270 e. The SMILES string of the molecule is O=C(Nc1ccc2oc(-c3ccc(Cl)cc3Cl)nc2c1)c1cccc([N+](=O)[O-])c1. The number of nitrogens with zero attached hydrogens (tertiary/aromatic N) is 2. The van der Waals surface area contributed by atoms with Crippen LogP contribution in [0, 0.1) is 10.1 Å². The largest absolute Gasteiger partial charge is 0.436 e. The monoisotopic (exact) mass is 427 g/mol. The van der Waals surface area contributed by atoms with Gasteiger partial charge >= 0.3 is 0 Å². The van der Waals surface area contributed by atoms with Crippen LogP contribution in [-0.2, 0) is 0 Å². The summed E-state index contributed by atoms with van der Waals surface area (Å²) in [6.07, 6.45) is 0. The van der Waals surface area contributed by atoms with E-state index in [0.717, 1.165) is 0 Å². The standard InChI is InChI=1S/C20H11Cl2N3O4/c21-12-4-6-15(16(22)9-12)20-24-17-10-13(5-7-18(17)29-20)23-19(26)11-2-1-3-14(8-11)25(27)28/h1-10H,(H,23,26). The number of nitro groups is 1. The predicted octanol–water partition coefficient (Wildman–Crippen LogP) is 5.96. The van der Waals surface area contributed by atoms with Crippen molar-refractivity contribution in [3.63, 3.8) is 0 Å². The molecule has 1 aromatic heterocycles. The highest BCUT2D eigenvalue weighted by molar-refractivity contribution is 6.36. The Kier molecular flexibility index (Phi) is 4.92. The van der Waals surface area contributed by atoms with Crippen LogP contribution < -0.4 is 5.32 Å². The molecule has 4 rings (SSSR count). The second kappa shape index (κ2) is 7.54. The van der Waals surface area contributed by atoms with Crippen LogP contribution in [0.3, 0.4) is 0 Å². The van der Waals surface area contributed by atoms with Crippen molar-refractivity contribution in [3.05, 3.63) is 86.4 Å². The Morgan fingerprint density at radius 2 is 1.90 bits per heavy atom. The molecule has 0 bridgehead atoms. The number of carbonyl (C=O) groups excluding carboxylic acids is 1. The van der Waals surface area contributed by atoms with Crippen molar-refractivity contribution in [1.29, 1.82) is 0 Å². The molecule has 0 atom stereocenters. The zero-order valence-electron chi connectivity index (χ0n) is 14.6. The lowest BCUT2D eigenvalue weighted by Gasteiger charge is -2.04. The molecule has 0 aliphatic heterocycles. The van der Waals surface area contributed by atoms with Gasteiger partial charge in [-0.05, 0) is 42.5 Å². The molecule has 1 heterocycles. The van der Waals surface area contributed by atoms with Crippen molar-refractivity contribution in [2.24, 2.45) is 0 Å². The first kappa shape index (κ1) is 18.9. The van der Waals surface area contributed by atoms with Crippen molar-refractivity contribution in [2.45, 2.75) is 0 Å². The summed E-state index contributed by atoms with van der Waals surface area (Å²) < 4.78 is 5.74. The van der Waals surface area contributed by atoms with E-state index in [2.05, 4.69) is 10.3 Å². The van der Waals surface area contributed by atoms with Gasteiger partial charge in [-0.2, -0.15) is 0 Å². The Hall–Kier alpha value is -3.42. The van der Waals surface area contributed by atoms with Crippen molar-refractivity contribution in [2.75, 3.05) is 5.32 Å². The number of fused-ring (bicyclic) bond motifs is 1. The number of aromatic nitrogens is 1. The lowest BCUT2D eigenvalue weighted by atomic mass is 10.2. The molecule has 0 saturated heterocycles. The average molecular weight is 428 g/mol. The maximum Gasteiger partial charge on any atom is 0.270 e. The van der Waals surface area contributed by atoms with E-state index >= 15 is 0 Å². The van der Waals surface area contributed by atoms with Crippen molar-refractivity contribution >= 4 is 51.6 Å². The summed E-state index contributed by atoms with van der Waals surface area (Å²) in [5, 5.41) is 14.5. The number of anilines is 1. The lowest BCUT2D eigenvalue weighted by molar-refractivity contribution is -0.384. The highest BCUT2D eigenvalue weighted by Gasteiger charge is 2.15. The van der Waals surface area contributed by atoms with Crippen LogP contribution in [0.2, 0.25) is 10.0 Å². The number of hydrogen-bond donors (Lipinski definition) is 1. The molecule has 3 aromatic carbocycles. The summed E-state index contributed by atoms with van der Waals surface area (Å²) in [5.41, 5.74) is 2.11. The molecule has 0 aliphatic carbocycles. The van der Waals surface area contributed by atoms with Crippen LogP contribution in [0.15, 0.2) is 65.1 Å². The maximum atomic E-state index is 12.4. The minimum Gasteiger partial charge on any atom is -0.436 e. The van der Waals surface area contributed by atoms with E-state index in [4.69, 9.17) is 27.6 Å². The number of benzene rings is 3. The van der Waals surface area contributed by atoms with E-state index in [1.165, 1.54) is 24.3 Å². The van der Waals surface area contributed by atoms with Gasteiger partial charge in [0.05, 0.1) is 15.5 Å². The molecular formula is C20H11Cl2N3O4. The van der Waals surface area contributed by atoms with Crippen LogP contribution in [0.4, 0.5) is 11.4 Å². The van der Waals surface area contributed by atoms with Gasteiger partial charge in [-0.25, -0.2) is 4.98 Å². The predicted molar refractivity (Wildman–Crippen MR) is 111 cm³/mol. The van der Waals surface area contributed by atoms with Crippen LogP contribution in [0.25, 0.3) is 22.6 Å². The van der Waals surface area contributed by atoms with Gasteiger partial charge in [0, 0.05) is 28.4 Å². The molecule has 0 fully saturated rings. The Morgan fingerprint density at radius 3 is 2.66 bits per heavy atom. The second-order valence-electron chi connectivity index (χ2n) is 6.09. The summed E-state index contributed by atoms with van der Waals surface area (Å²) >= 11 is 12.1. The summed E-state index contributed by atoms with van der Waals surface area (Å²) in [5.74, 6) is -0.152. The molecule has 144 valence electrons. The minimum absolute atomic E-state index is 0.158. The number of non-ortho nitro benzene ring substituents is 1. The Balaban J connectivity index is 1.61. The van der Waals surface area contributed by atoms with E-state index in [0.29, 0.717) is 38.3 Å². The third-order valence-corrected chi connectivity index (χ3v) is 4.67. The van der Waals surface area contributed by atoms with Gasteiger partial charge in [-0.1, -0.05) is 29.3 Å². The van der Waals surface area contributed by atoms with Crippen LogP contribution in [0.5, 0.6) is 0 Å². The summed E-state index contributed by atoms with van der Waals surface area (Å²) in [6.45, 7) is 0. The van der Waals surface area contributed by atoms with Gasteiger partial charge < -0.3 is 9.73 Å². The van der Waals surface area contributed by atoms with E-state index in [1.54, 1.807) is 36.4 Å². The molecule has 1 N–H and O–H groups in total. The average Bonchev–Trinajstić information content (AvgIpc) is 3.11. The number of nitrogens with one attached hydrogen (secondary N) is 1. The quantitative estimate of drug-likeness (QED) is 0.319. The third-order valence-electron chi connectivity index (χ3n) is 4.13. The van der Waals surface area contributed by atoms with Crippen LogP contribution in [-0.4, -0.2) is 15.8 Å². The summed E-state index contributed by atoms with van der Waals surface area (Å²) in [4.78, 5) is 27.2. The van der Waals surface area contributed by atoms with Gasteiger partial charge in [-0.15, -0.1) is 0 Å². The normalized spacial score (nSPS) is 10.8. The number of halogens is 2. The van der Waals surface area contributed by atoms with Crippen LogP contribution in [0.1, 0.15) is 10.4 Å². The number of nitro benzene ring substituents is 1. The molecule has 0 unspecified atom stereocenters. The lowest BCUT2D eigenvalue weighted by Crippen LogP contribution is -2.12. The molecule has 7 nitrogen and oxygen atoms in total. The zero-order valence-corrected chi connectivity index (χ0v) is 16.1. The van der Waals surface area contributed by atoms with Gasteiger partial charge in [0.2, 0.25) is 5.89 Å². The third kappa shape index (κ3) is 3.91. The summed E-state index contributed by atoms with van der Waals surface area (Å²) in [7, 11) is 0. The molecule has 29 heavy (non-hydrogen) atoms. The topological polar surface area (TPSA) is 98.3 Å². The fourth-order valence-corrected chi connectivity index (χ4v) is 3.24. The van der Waals surface area contributed by atoms with Crippen molar-refractivity contribution < 1.29 is 14.1 Å². The molecule has 0 radical (unpaired) electrons. The van der Waals surface area contributed by atoms with Gasteiger partial charge in [-0.3, -0.25) is 14.9 Å². The molecule has 0 spiro atoms. The second-order valence-corrected chi connectivity index (χ2v) is 6.93. The fraction of sp³-hybridized carbons (Fsp3) is 0. The van der Waals surface area contributed by atoms with Gasteiger partial charge in [0.25, 0.3) is 11.6 Å². The first-order valence-electron chi connectivity index (χ1n) is 8.32. The van der Waals surface area contributed by atoms with Gasteiger partial charge in [0.1, 0.15) is 5.52 Å². The molecule has 4 aromatic rings. The molecular weight excluding hydrogens is 417 g/mol. The minimum atomic E-state index is -0.554. The van der Waals surface area contributed by atoms with E-state index in [9.17, 15) is 14.9 Å². The zero-order chi connectivity index (χ0) is 20.5. The first-order valence-corrected chi connectivity index (χ1v) is 9.08. The fourth-order valence-electron chi connectivity index (χ4n) is 2.75. The van der Waals surface area contributed by atoms with E-state index < -0.39 is 10.8 Å². The van der Waals surface area contributed by atoms with E-state index in [-0.39, 0.29) is 11.3 Å². The van der Waals surface area contributed by atoms with Crippen molar-refractivity contribution in [1.82, 2.24) is 4.98 Å². The Bertz CT molecular complexity index is 1270. The molecule has 1 amide bonds. The van der Waals surface area contributed by atoms with Gasteiger partial charge in [0.15, 0.2) is 5.58 Å². The van der Waals surface area contributed by atoms with Crippen LogP contribution >= 0.6 is 23.2 Å². The molecule has 0 aliphatic rings. The number of hydrogen-bond acceptors (Lipinski definition) is 5. The molecule has 0 saturated carbocycles. The number of carbonyl (C=O) groups is 1.